The average molecular weight is 903 g/mol. The largest absolute Gasteiger partial charge is 0.420 e. The van der Waals surface area contributed by atoms with Gasteiger partial charge in [-0.05, 0) is 72.8 Å². The fraction of sp³-hybridized carbons (Fsp3) is 0.0189. The van der Waals surface area contributed by atoms with Gasteiger partial charge in [-0.25, -0.2) is 38.7 Å². The predicted molar refractivity (Wildman–Crippen MR) is 255 cm³/mol. The van der Waals surface area contributed by atoms with Gasteiger partial charge in [-0.15, -0.1) is 0 Å². The van der Waals surface area contributed by atoms with E-state index in [0.29, 0.717) is 88.5 Å². The van der Waals surface area contributed by atoms with Gasteiger partial charge in [0.05, 0.1) is 39.0 Å². The van der Waals surface area contributed by atoms with Crippen molar-refractivity contribution in [1.29, 1.82) is 0 Å². The molecule has 0 aliphatic carbocycles. The van der Waals surface area contributed by atoms with Crippen molar-refractivity contribution in [3.8, 4) is 45.3 Å². The van der Waals surface area contributed by atoms with E-state index >= 15 is 22.0 Å². The van der Waals surface area contributed by atoms with Crippen molar-refractivity contribution in [2.75, 3.05) is 0 Å². The van der Waals surface area contributed by atoms with E-state index in [9.17, 15) is 0 Å². The Hall–Kier alpha value is -9.11. The van der Waals surface area contributed by atoms with Crippen molar-refractivity contribution in [3.05, 3.63) is 192 Å². The third-order valence-electron chi connectivity index (χ3n) is 12.1. The van der Waals surface area contributed by atoms with Gasteiger partial charge in [0.25, 0.3) is 0 Å². The van der Waals surface area contributed by atoms with Crippen LogP contribution < -0.4 is 21.1 Å². The van der Waals surface area contributed by atoms with Crippen LogP contribution in [0.3, 0.4) is 0 Å². The van der Waals surface area contributed by atoms with Gasteiger partial charge in [0.1, 0.15) is 28.8 Å². The van der Waals surface area contributed by atoms with E-state index in [-0.39, 0.29) is 11.3 Å². The van der Waals surface area contributed by atoms with Gasteiger partial charge >= 0.3 is 6.18 Å². The van der Waals surface area contributed by atoms with Crippen LogP contribution in [0.2, 0.25) is 0 Å². The first-order chi connectivity index (χ1) is 33.2. The second-order valence-electron chi connectivity index (χ2n) is 16.0. The zero-order valence-corrected chi connectivity index (χ0v) is 35.2. The molecule has 6 aromatic carbocycles. The van der Waals surface area contributed by atoms with Gasteiger partial charge < -0.3 is 19.8 Å². The fourth-order valence-corrected chi connectivity index (χ4v) is 9.21. The predicted octanol–water partition coefficient (Wildman–Crippen LogP) is 10.3. The van der Waals surface area contributed by atoms with Crippen molar-refractivity contribution in [3.63, 3.8) is 0 Å². The van der Waals surface area contributed by atoms with E-state index in [1.54, 1.807) is 127 Å². The minimum Gasteiger partial charge on any atom is -0.346 e. The minimum atomic E-state index is -5.17. The zero-order valence-electron chi connectivity index (χ0n) is 35.2. The van der Waals surface area contributed by atoms with Gasteiger partial charge in [-0.2, -0.15) is 13.2 Å². The van der Waals surface area contributed by atoms with Gasteiger partial charge in [-0.1, -0.05) is 54.6 Å². The molecule has 0 fully saturated rings. The molecule has 6 heterocycles. The molecule has 0 spiro atoms. The highest BCUT2D eigenvalue weighted by atomic mass is 19.4. The van der Waals surface area contributed by atoms with Crippen molar-refractivity contribution >= 4 is 67.7 Å². The molecule has 10 nitrogen and oxygen atoms in total. The van der Waals surface area contributed by atoms with E-state index in [2.05, 4.69) is 40.6 Å². The SMILES string of the molecule is Fc1cccc(F)c1-c1ccc(-n2c3cc(=C4N=CC=CN4)ccc3c3ccc(=C4N=CC=CN4)cc32)c(C(F)(F)F)c1-n1c2cc(-c3ncccn3)ccc2c2ccc(-c3ncccn3)cc21. The lowest BCUT2D eigenvalue weighted by Crippen LogP contribution is -2.19. The average Bonchev–Trinajstić information content (AvgIpc) is 3.88. The van der Waals surface area contributed by atoms with Crippen molar-refractivity contribution < 1.29 is 22.0 Å². The van der Waals surface area contributed by atoms with Crippen molar-refractivity contribution in [2.45, 2.75) is 6.18 Å². The highest BCUT2D eigenvalue weighted by Gasteiger charge is 2.41. The number of hydrogen-bond acceptors (Lipinski definition) is 8. The summed E-state index contributed by atoms with van der Waals surface area (Å²) >= 11 is 0. The van der Waals surface area contributed by atoms with Gasteiger partial charge in [0, 0.05) is 98.3 Å². The maximum Gasteiger partial charge on any atom is 0.420 e. The van der Waals surface area contributed by atoms with Crippen molar-refractivity contribution in [1.82, 2.24) is 39.7 Å². The number of fused-ring (bicyclic) bond motifs is 6. The van der Waals surface area contributed by atoms with Crippen LogP contribution in [0.4, 0.5) is 22.0 Å². The Labute approximate surface area is 381 Å². The molecule has 0 bridgehead atoms. The number of nitrogens with one attached hydrogen (secondary N) is 2. The van der Waals surface area contributed by atoms with Crippen LogP contribution in [0.1, 0.15) is 5.56 Å². The van der Waals surface area contributed by atoms with E-state index in [1.807, 2.05) is 24.3 Å². The molecule has 2 aliphatic heterocycles. The van der Waals surface area contributed by atoms with E-state index in [1.165, 1.54) is 22.8 Å². The Bertz CT molecular complexity index is 3770. The lowest BCUT2D eigenvalue weighted by atomic mass is 9.96. The van der Waals surface area contributed by atoms with Crippen LogP contribution in [-0.4, -0.2) is 41.5 Å². The number of allylic oxidation sites excluding steroid dienone is 2. The number of aliphatic imine (C=N–C) groups is 2. The molecule has 0 atom stereocenters. The molecule has 0 saturated heterocycles. The monoisotopic (exact) mass is 902 g/mol. The second kappa shape index (κ2) is 15.8. The maximum atomic E-state index is 17.1. The molecule has 2 N–H and O–H groups in total. The Balaban J connectivity index is 1.29. The first-order valence-electron chi connectivity index (χ1n) is 21.3. The molecule has 10 aromatic rings. The zero-order chi connectivity index (χ0) is 46.1. The number of nitrogens with zero attached hydrogens (tertiary/aromatic N) is 8. The first-order valence-corrected chi connectivity index (χ1v) is 21.3. The normalized spacial score (nSPS) is 15.2. The van der Waals surface area contributed by atoms with Crippen LogP contribution >= 0.6 is 0 Å². The quantitative estimate of drug-likeness (QED) is 0.167. The van der Waals surface area contributed by atoms with Crippen LogP contribution in [0.25, 0.3) is 101 Å². The fourth-order valence-electron chi connectivity index (χ4n) is 9.21. The van der Waals surface area contributed by atoms with Crippen LogP contribution in [0.5, 0.6) is 0 Å². The molecule has 0 radical (unpaired) electrons. The summed E-state index contributed by atoms with van der Waals surface area (Å²) < 4.78 is 87.0. The topological polar surface area (TPSA) is 110 Å². The number of halogens is 5. The molecular formula is C53H31F5N10. The summed E-state index contributed by atoms with van der Waals surface area (Å²) in [6, 6.07) is 30.7. The van der Waals surface area contributed by atoms with Gasteiger partial charge in [-0.3, -0.25) is 0 Å². The Morgan fingerprint density at radius 1 is 0.485 bits per heavy atom. The highest BCUT2D eigenvalue weighted by Crippen LogP contribution is 2.48. The number of hydrogen-bond donors (Lipinski definition) is 2. The Morgan fingerprint density at radius 3 is 1.41 bits per heavy atom. The lowest BCUT2D eigenvalue weighted by molar-refractivity contribution is -0.137. The Morgan fingerprint density at radius 2 is 0.956 bits per heavy atom. The summed E-state index contributed by atoms with van der Waals surface area (Å²) in [6.07, 6.45) is 11.2. The molecule has 0 unspecified atom stereocenters. The molecule has 0 saturated carbocycles. The van der Waals surface area contributed by atoms with Crippen molar-refractivity contribution in [2.24, 2.45) is 9.98 Å². The smallest absolute Gasteiger partial charge is 0.346 e. The molecular weight excluding hydrogens is 872 g/mol. The number of rotatable bonds is 5. The van der Waals surface area contributed by atoms with E-state index in [0.717, 1.165) is 12.1 Å². The highest BCUT2D eigenvalue weighted by molar-refractivity contribution is 6.13. The summed E-state index contributed by atoms with van der Waals surface area (Å²) in [5, 5.41) is 9.89. The summed E-state index contributed by atoms with van der Waals surface area (Å²) in [5.74, 6) is -0.482. The molecule has 328 valence electrons. The summed E-state index contributed by atoms with van der Waals surface area (Å²) in [6.45, 7) is 0. The number of aromatic nitrogens is 6. The van der Waals surface area contributed by atoms with Crippen LogP contribution in [0, 0.1) is 11.6 Å². The third-order valence-corrected chi connectivity index (χ3v) is 12.1. The molecule has 2 aliphatic rings. The number of alkyl halides is 3. The maximum absolute atomic E-state index is 17.1. The van der Waals surface area contributed by atoms with Crippen LogP contribution in [0.15, 0.2) is 175 Å². The minimum absolute atomic E-state index is 0.292. The first kappa shape index (κ1) is 40.4. The van der Waals surface area contributed by atoms with E-state index < -0.39 is 34.6 Å². The Kier molecular flexibility index (Phi) is 9.39. The van der Waals surface area contributed by atoms with Crippen LogP contribution in [-0.2, 0) is 6.18 Å². The van der Waals surface area contributed by atoms with Gasteiger partial charge in [0.15, 0.2) is 11.6 Å². The third kappa shape index (κ3) is 6.62. The molecule has 4 aromatic heterocycles. The standard InChI is InChI=1S/C53H31F5N10/c54-39-6-1-7-40(55)46(39)38-16-17-41(67-42-26-30(49-59-18-2-19-60-49)8-12-34(42)35-13-9-31(27-43(35)67)50-61-20-3-21-62-50)47(53(56,57)58)48(38)68-44-28-32(51-63-22-4-23-64-51)10-14-36(44)37-15-11-33(29-45(37)68)52-65-24-5-25-66-52/h1-29,59,61H. The molecule has 12 rings (SSSR count). The van der Waals surface area contributed by atoms with Gasteiger partial charge in [0.2, 0.25) is 0 Å². The second-order valence-corrected chi connectivity index (χ2v) is 16.0. The summed E-state index contributed by atoms with van der Waals surface area (Å²) in [7, 11) is 0. The number of benzene rings is 6. The summed E-state index contributed by atoms with van der Waals surface area (Å²) in [4.78, 5) is 26.8. The molecule has 15 heteroatoms. The molecule has 0 amide bonds. The summed E-state index contributed by atoms with van der Waals surface area (Å²) in [5.41, 5.74) is -0.568. The van der Waals surface area contributed by atoms with E-state index in [4.69, 9.17) is 0 Å². The lowest BCUT2D eigenvalue weighted by Gasteiger charge is -2.25. The molecule has 68 heavy (non-hydrogen) atoms.